The standard InChI is InChI=1S/C14H19N5O4S/c1-23-8-2-7-19-10-12(17-18-19)9-16-14(20)11-3-5-13(6-4-11)24(15,21)22/h3-6,10H,2,7-9H2,1H3,(H,16,20)(H2,15,21,22). The molecule has 24 heavy (non-hydrogen) atoms. The van der Waals surface area contributed by atoms with Crippen LogP contribution in [0.3, 0.4) is 0 Å². The third-order valence-corrected chi connectivity index (χ3v) is 4.13. The van der Waals surface area contributed by atoms with Crippen LogP contribution < -0.4 is 10.5 Å². The van der Waals surface area contributed by atoms with E-state index in [2.05, 4.69) is 15.6 Å². The predicted octanol–water partition coefficient (Wildman–Crippen LogP) is -0.108. The van der Waals surface area contributed by atoms with Crippen LogP contribution in [0.25, 0.3) is 0 Å². The summed E-state index contributed by atoms with van der Waals surface area (Å²) in [6.07, 6.45) is 2.57. The normalized spacial score (nSPS) is 11.4. The van der Waals surface area contributed by atoms with Crippen LogP contribution in [-0.4, -0.2) is 43.0 Å². The Bertz CT molecular complexity index is 786. The highest BCUT2D eigenvalue weighted by Gasteiger charge is 2.10. The van der Waals surface area contributed by atoms with Crippen molar-refractivity contribution in [3.8, 4) is 0 Å². The highest BCUT2D eigenvalue weighted by Crippen LogP contribution is 2.08. The first kappa shape index (κ1) is 18.0. The first-order chi connectivity index (χ1) is 11.4. The Morgan fingerprint density at radius 2 is 2.04 bits per heavy atom. The molecule has 9 nitrogen and oxygen atoms in total. The van der Waals surface area contributed by atoms with Gasteiger partial charge in [-0.1, -0.05) is 5.21 Å². The average molecular weight is 353 g/mol. The van der Waals surface area contributed by atoms with Gasteiger partial charge < -0.3 is 10.1 Å². The summed E-state index contributed by atoms with van der Waals surface area (Å²) in [7, 11) is -2.13. The van der Waals surface area contributed by atoms with E-state index in [0.29, 0.717) is 24.4 Å². The van der Waals surface area contributed by atoms with Crippen molar-refractivity contribution in [3.05, 3.63) is 41.7 Å². The van der Waals surface area contributed by atoms with Crippen molar-refractivity contribution in [1.29, 1.82) is 0 Å². The molecule has 1 aromatic heterocycles. The van der Waals surface area contributed by atoms with E-state index in [1.165, 1.54) is 24.3 Å². The number of methoxy groups -OCH3 is 1. The molecule has 130 valence electrons. The second kappa shape index (κ2) is 7.99. The molecule has 1 amide bonds. The van der Waals surface area contributed by atoms with E-state index in [1.807, 2.05) is 0 Å². The number of carbonyl (C=O) groups excluding carboxylic acids is 1. The van der Waals surface area contributed by atoms with Crippen molar-refractivity contribution < 1.29 is 17.9 Å². The number of aryl methyl sites for hydroxylation is 1. The van der Waals surface area contributed by atoms with E-state index in [1.54, 1.807) is 18.0 Å². The summed E-state index contributed by atoms with van der Waals surface area (Å²) in [6, 6.07) is 5.38. The second-order valence-electron chi connectivity index (χ2n) is 5.07. The van der Waals surface area contributed by atoms with Crippen LogP contribution in [0.2, 0.25) is 0 Å². The summed E-state index contributed by atoms with van der Waals surface area (Å²) in [5.41, 5.74) is 0.955. The third kappa shape index (κ3) is 5.11. The van der Waals surface area contributed by atoms with E-state index >= 15 is 0 Å². The van der Waals surface area contributed by atoms with Gasteiger partial charge in [0.25, 0.3) is 5.91 Å². The van der Waals surface area contributed by atoms with Crippen molar-refractivity contribution in [2.24, 2.45) is 5.14 Å². The Labute approximate surface area is 139 Å². The minimum atomic E-state index is -3.77. The summed E-state index contributed by atoms with van der Waals surface area (Å²) in [6.45, 7) is 1.55. The van der Waals surface area contributed by atoms with Crippen LogP contribution in [0.15, 0.2) is 35.4 Å². The van der Waals surface area contributed by atoms with E-state index in [4.69, 9.17) is 9.88 Å². The maximum Gasteiger partial charge on any atom is 0.251 e. The molecule has 0 saturated carbocycles. The molecule has 0 fully saturated rings. The van der Waals surface area contributed by atoms with Gasteiger partial charge in [-0.15, -0.1) is 5.10 Å². The van der Waals surface area contributed by atoms with Gasteiger partial charge in [-0.2, -0.15) is 0 Å². The Morgan fingerprint density at radius 3 is 2.67 bits per heavy atom. The molecule has 0 spiro atoms. The highest BCUT2D eigenvalue weighted by atomic mass is 32.2. The molecule has 0 atom stereocenters. The summed E-state index contributed by atoms with van der Waals surface area (Å²) in [5.74, 6) is -0.343. The van der Waals surface area contributed by atoms with E-state index in [9.17, 15) is 13.2 Å². The lowest BCUT2D eigenvalue weighted by molar-refractivity contribution is 0.0950. The van der Waals surface area contributed by atoms with Gasteiger partial charge in [0.2, 0.25) is 10.0 Å². The van der Waals surface area contributed by atoms with Crippen LogP contribution in [0.1, 0.15) is 22.5 Å². The predicted molar refractivity (Wildman–Crippen MR) is 85.5 cm³/mol. The number of rotatable bonds is 8. The van der Waals surface area contributed by atoms with E-state index in [0.717, 1.165) is 6.42 Å². The number of nitrogens with one attached hydrogen (secondary N) is 1. The number of hydrogen-bond acceptors (Lipinski definition) is 6. The van der Waals surface area contributed by atoms with Gasteiger partial charge in [0.1, 0.15) is 5.69 Å². The second-order valence-corrected chi connectivity index (χ2v) is 6.63. The van der Waals surface area contributed by atoms with Gasteiger partial charge in [-0.05, 0) is 30.7 Å². The third-order valence-electron chi connectivity index (χ3n) is 3.20. The molecule has 0 radical (unpaired) electrons. The SMILES string of the molecule is COCCCn1cc(CNC(=O)c2ccc(S(N)(=O)=O)cc2)nn1. The first-order valence-electron chi connectivity index (χ1n) is 7.19. The largest absolute Gasteiger partial charge is 0.385 e. The van der Waals surface area contributed by atoms with Crippen LogP contribution in [0, 0.1) is 0 Å². The average Bonchev–Trinajstić information content (AvgIpc) is 3.00. The smallest absolute Gasteiger partial charge is 0.251 e. The quantitative estimate of drug-likeness (QED) is 0.637. The maximum atomic E-state index is 12.0. The number of ether oxygens (including phenoxy) is 1. The Hall–Kier alpha value is -2.30. The van der Waals surface area contributed by atoms with Crippen LogP contribution in [-0.2, 0) is 27.8 Å². The van der Waals surface area contributed by atoms with Crippen molar-refractivity contribution in [2.75, 3.05) is 13.7 Å². The number of amides is 1. The van der Waals surface area contributed by atoms with Gasteiger partial charge in [-0.3, -0.25) is 9.48 Å². The Balaban J connectivity index is 1.89. The van der Waals surface area contributed by atoms with Gasteiger partial charge in [0.05, 0.1) is 17.6 Å². The molecule has 10 heteroatoms. The number of nitrogens with zero attached hydrogens (tertiary/aromatic N) is 3. The molecular weight excluding hydrogens is 334 g/mol. The van der Waals surface area contributed by atoms with Crippen LogP contribution in [0.5, 0.6) is 0 Å². The zero-order chi connectivity index (χ0) is 17.6. The molecule has 0 unspecified atom stereocenters. The number of hydrogen-bond donors (Lipinski definition) is 2. The molecule has 0 saturated heterocycles. The first-order valence-corrected chi connectivity index (χ1v) is 8.74. The molecular formula is C14H19N5O4S. The fourth-order valence-electron chi connectivity index (χ4n) is 1.97. The molecule has 1 heterocycles. The molecule has 0 aliphatic heterocycles. The summed E-state index contributed by atoms with van der Waals surface area (Å²) in [4.78, 5) is 12.0. The van der Waals surface area contributed by atoms with Crippen molar-refractivity contribution >= 4 is 15.9 Å². The number of benzene rings is 1. The zero-order valence-corrected chi connectivity index (χ0v) is 14.0. The summed E-state index contributed by atoms with van der Waals surface area (Å²) in [5, 5.41) is 15.6. The fourth-order valence-corrected chi connectivity index (χ4v) is 2.48. The number of nitrogens with two attached hydrogens (primary N) is 1. The lowest BCUT2D eigenvalue weighted by Gasteiger charge is -2.04. The number of primary sulfonamides is 1. The van der Waals surface area contributed by atoms with Crippen LogP contribution in [0.4, 0.5) is 0 Å². The number of carbonyl (C=O) groups is 1. The van der Waals surface area contributed by atoms with Gasteiger partial charge >= 0.3 is 0 Å². The lowest BCUT2D eigenvalue weighted by Crippen LogP contribution is -2.23. The lowest BCUT2D eigenvalue weighted by atomic mass is 10.2. The van der Waals surface area contributed by atoms with E-state index in [-0.39, 0.29) is 17.3 Å². The molecule has 1 aromatic carbocycles. The molecule has 2 aromatic rings. The topological polar surface area (TPSA) is 129 Å². The van der Waals surface area contributed by atoms with E-state index < -0.39 is 10.0 Å². The summed E-state index contributed by atoms with van der Waals surface area (Å²) >= 11 is 0. The number of sulfonamides is 1. The van der Waals surface area contributed by atoms with Gasteiger partial charge in [-0.25, -0.2) is 13.6 Å². The van der Waals surface area contributed by atoms with Crippen molar-refractivity contribution in [3.63, 3.8) is 0 Å². The van der Waals surface area contributed by atoms with Crippen molar-refractivity contribution in [1.82, 2.24) is 20.3 Å². The molecule has 3 N–H and O–H groups in total. The van der Waals surface area contributed by atoms with Crippen molar-refractivity contribution in [2.45, 2.75) is 24.4 Å². The minimum Gasteiger partial charge on any atom is -0.385 e. The number of aromatic nitrogens is 3. The minimum absolute atomic E-state index is 0.0435. The zero-order valence-electron chi connectivity index (χ0n) is 13.2. The summed E-state index contributed by atoms with van der Waals surface area (Å²) < 4.78 is 29.0. The highest BCUT2D eigenvalue weighted by molar-refractivity contribution is 7.89. The van der Waals surface area contributed by atoms with Crippen LogP contribution >= 0.6 is 0 Å². The molecule has 0 bridgehead atoms. The Kier molecular flexibility index (Phi) is 6.01. The monoisotopic (exact) mass is 353 g/mol. The molecule has 2 rings (SSSR count). The van der Waals surface area contributed by atoms with Gasteiger partial charge in [0, 0.05) is 25.8 Å². The van der Waals surface area contributed by atoms with Gasteiger partial charge in [0.15, 0.2) is 0 Å². The Morgan fingerprint density at radius 1 is 1.33 bits per heavy atom. The molecule has 0 aliphatic carbocycles. The fraction of sp³-hybridized carbons (Fsp3) is 0.357. The molecule has 0 aliphatic rings. The maximum absolute atomic E-state index is 12.0.